The number of benzene rings is 1. The molecule has 0 atom stereocenters. The smallest absolute Gasteiger partial charge is 0.244 e. The van der Waals surface area contributed by atoms with Crippen LogP contribution in [-0.2, 0) is 11.3 Å². The van der Waals surface area contributed by atoms with Crippen LogP contribution in [0.5, 0.6) is 11.5 Å². The molecule has 1 N–H and O–H groups in total. The summed E-state index contributed by atoms with van der Waals surface area (Å²) in [5.74, 6) is 1.30. The molecule has 0 aliphatic carbocycles. The molecule has 0 fully saturated rings. The molecular formula is C16H16N2O3S. The largest absolute Gasteiger partial charge is 0.486 e. The maximum absolute atomic E-state index is 11.8. The van der Waals surface area contributed by atoms with E-state index >= 15 is 0 Å². The molecular weight excluding hydrogens is 300 g/mol. The summed E-state index contributed by atoms with van der Waals surface area (Å²) in [6.07, 6.45) is 3.25. The molecule has 1 aliphatic heterocycles. The van der Waals surface area contributed by atoms with Gasteiger partial charge in [0.1, 0.15) is 13.2 Å². The number of ether oxygens (including phenoxy) is 2. The maximum Gasteiger partial charge on any atom is 0.244 e. The lowest BCUT2D eigenvalue weighted by Gasteiger charge is -2.18. The lowest BCUT2D eigenvalue weighted by Crippen LogP contribution is -2.20. The summed E-state index contributed by atoms with van der Waals surface area (Å²) in [6.45, 7) is 3.50. The van der Waals surface area contributed by atoms with Crippen molar-refractivity contribution < 1.29 is 14.3 Å². The molecule has 0 unspecified atom stereocenters. The SMILES string of the molecule is Cc1nc(CNC(=O)/C=C\c2ccc3c(c2)OCCO3)cs1. The second kappa shape index (κ2) is 6.62. The molecule has 0 saturated carbocycles. The second-order valence-electron chi connectivity index (χ2n) is 4.81. The first-order chi connectivity index (χ1) is 10.7. The third-order valence-electron chi connectivity index (χ3n) is 3.10. The Balaban J connectivity index is 1.57. The number of fused-ring (bicyclic) bond motifs is 1. The molecule has 1 aromatic carbocycles. The van der Waals surface area contributed by atoms with E-state index in [1.54, 1.807) is 17.4 Å². The number of aromatic nitrogens is 1. The molecule has 1 amide bonds. The minimum Gasteiger partial charge on any atom is -0.486 e. The molecule has 5 nitrogen and oxygen atoms in total. The predicted octanol–water partition coefficient (Wildman–Crippen LogP) is 2.55. The average molecular weight is 316 g/mol. The number of carbonyl (C=O) groups is 1. The van der Waals surface area contributed by atoms with E-state index in [-0.39, 0.29) is 5.91 Å². The highest BCUT2D eigenvalue weighted by Crippen LogP contribution is 2.31. The minimum atomic E-state index is -0.152. The molecule has 114 valence electrons. The summed E-state index contributed by atoms with van der Waals surface area (Å²) >= 11 is 1.57. The van der Waals surface area contributed by atoms with Crippen LogP contribution in [0.2, 0.25) is 0 Å². The summed E-state index contributed by atoms with van der Waals surface area (Å²) < 4.78 is 11.0. The van der Waals surface area contributed by atoms with Gasteiger partial charge in [0.15, 0.2) is 11.5 Å². The summed E-state index contributed by atoms with van der Waals surface area (Å²) in [5, 5.41) is 5.75. The standard InChI is InChI=1S/C16H16N2O3S/c1-11-18-13(10-22-11)9-17-16(19)5-3-12-2-4-14-15(8-12)21-7-6-20-14/h2-5,8,10H,6-7,9H2,1H3,(H,17,19)/b5-3-. The number of aryl methyl sites for hydroxylation is 1. The van der Waals surface area contributed by atoms with Crippen molar-refractivity contribution >= 4 is 23.3 Å². The van der Waals surface area contributed by atoms with Gasteiger partial charge in [0.25, 0.3) is 0 Å². The molecule has 0 radical (unpaired) electrons. The van der Waals surface area contributed by atoms with E-state index in [1.165, 1.54) is 6.08 Å². The van der Waals surface area contributed by atoms with E-state index < -0.39 is 0 Å². The Hall–Kier alpha value is -2.34. The first-order valence-corrected chi connectivity index (χ1v) is 7.85. The van der Waals surface area contributed by atoms with Crippen LogP contribution >= 0.6 is 11.3 Å². The van der Waals surface area contributed by atoms with Crippen LogP contribution in [0.4, 0.5) is 0 Å². The molecule has 1 aliphatic rings. The van der Waals surface area contributed by atoms with Crippen LogP contribution in [0.15, 0.2) is 29.7 Å². The van der Waals surface area contributed by atoms with Crippen LogP contribution in [0.25, 0.3) is 6.08 Å². The molecule has 2 aromatic rings. The summed E-state index contributed by atoms with van der Waals surface area (Å²) in [5.41, 5.74) is 1.77. The third-order valence-corrected chi connectivity index (χ3v) is 3.93. The van der Waals surface area contributed by atoms with E-state index in [0.717, 1.165) is 22.0 Å². The molecule has 1 aromatic heterocycles. The molecule has 2 heterocycles. The van der Waals surface area contributed by atoms with Crippen LogP contribution in [0.3, 0.4) is 0 Å². The summed E-state index contributed by atoms with van der Waals surface area (Å²) in [4.78, 5) is 16.1. The Morgan fingerprint density at radius 2 is 2.18 bits per heavy atom. The van der Waals surface area contributed by atoms with Crippen LogP contribution in [0.1, 0.15) is 16.3 Å². The topological polar surface area (TPSA) is 60.5 Å². The first kappa shape index (κ1) is 14.6. The van der Waals surface area contributed by atoms with Gasteiger partial charge >= 0.3 is 0 Å². The molecule has 0 spiro atoms. The van der Waals surface area contributed by atoms with Crippen molar-refractivity contribution in [3.05, 3.63) is 45.9 Å². The predicted molar refractivity (Wildman–Crippen MR) is 85.2 cm³/mol. The normalized spacial score (nSPS) is 13.3. The maximum atomic E-state index is 11.8. The summed E-state index contributed by atoms with van der Waals surface area (Å²) in [6, 6.07) is 5.60. The van der Waals surface area contributed by atoms with Crippen LogP contribution < -0.4 is 14.8 Å². The number of amides is 1. The Labute approximate surface area is 132 Å². The highest BCUT2D eigenvalue weighted by molar-refractivity contribution is 7.09. The van der Waals surface area contributed by atoms with Crippen LogP contribution in [0, 0.1) is 6.92 Å². The first-order valence-electron chi connectivity index (χ1n) is 6.97. The zero-order valence-electron chi connectivity index (χ0n) is 12.2. The molecule has 3 rings (SSSR count). The van der Waals surface area contributed by atoms with Crippen molar-refractivity contribution in [2.24, 2.45) is 0 Å². The molecule has 22 heavy (non-hydrogen) atoms. The minimum absolute atomic E-state index is 0.152. The highest BCUT2D eigenvalue weighted by atomic mass is 32.1. The fraction of sp³-hybridized carbons (Fsp3) is 0.250. The van der Waals surface area contributed by atoms with Gasteiger partial charge in [-0.2, -0.15) is 0 Å². The number of nitrogens with one attached hydrogen (secondary N) is 1. The lowest BCUT2D eigenvalue weighted by molar-refractivity contribution is -0.116. The van der Waals surface area contributed by atoms with Gasteiger partial charge in [0, 0.05) is 11.5 Å². The Bertz CT molecular complexity index is 709. The zero-order valence-corrected chi connectivity index (χ0v) is 13.0. The van der Waals surface area contributed by atoms with Gasteiger partial charge in [0.2, 0.25) is 5.91 Å². The molecule has 6 heteroatoms. The van der Waals surface area contributed by atoms with Crippen molar-refractivity contribution in [1.29, 1.82) is 0 Å². The number of nitrogens with zero attached hydrogens (tertiary/aromatic N) is 1. The van der Waals surface area contributed by atoms with Crippen LogP contribution in [-0.4, -0.2) is 24.1 Å². The fourth-order valence-electron chi connectivity index (χ4n) is 2.06. The van der Waals surface area contributed by atoms with Crippen molar-refractivity contribution in [3.8, 4) is 11.5 Å². The number of thiazole rings is 1. The molecule has 0 saturated heterocycles. The summed E-state index contributed by atoms with van der Waals surface area (Å²) in [7, 11) is 0. The highest BCUT2D eigenvalue weighted by Gasteiger charge is 2.10. The lowest BCUT2D eigenvalue weighted by atomic mass is 10.2. The second-order valence-corrected chi connectivity index (χ2v) is 5.87. The van der Waals surface area contributed by atoms with E-state index in [2.05, 4.69) is 10.3 Å². The van der Waals surface area contributed by atoms with Gasteiger partial charge in [-0.1, -0.05) is 6.07 Å². The van der Waals surface area contributed by atoms with E-state index in [9.17, 15) is 4.79 Å². The van der Waals surface area contributed by atoms with Crippen molar-refractivity contribution in [2.45, 2.75) is 13.5 Å². The van der Waals surface area contributed by atoms with Gasteiger partial charge in [-0.3, -0.25) is 4.79 Å². The van der Waals surface area contributed by atoms with Gasteiger partial charge in [-0.25, -0.2) is 4.98 Å². The fourth-order valence-corrected chi connectivity index (χ4v) is 2.67. The average Bonchev–Trinajstić information content (AvgIpc) is 2.96. The number of rotatable bonds is 4. The quantitative estimate of drug-likeness (QED) is 0.881. The Morgan fingerprint density at radius 3 is 2.95 bits per heavy atom. The Morgan fingerprint density at radius 1 is 1.36 bits per heavy atom. The van der Waals surface area contributed by atoms with Crippen molar-refractivity contribution in [1.82, 2.24) is 10.3 Å². The number of hydrogen-bond acceptors (Lipinski definition) is 5. The van der Waals surface area contributed by atoms with Gasteiger partial charge in [-0.15, -0.1) is 11.3 Å². The van der Waals surface area contributed by atoms with Crippen molar-refractivity contribution in [2.75, 3.05) is 13.2 Å². The zero-order chi connectivity index (χ0) is 15.4. The third kappa shape index (κ3) is 3.65. The van der Waals surface area contributed by atoms with E-state index in [0.29, 0.717) is 25.5 Å². The van der Waals surface area contributed by atoms with Crippen molar-refractivity contribution in [3.63, 3.8) is 0 Å². The molecule has 0 bridgehead atoms. The van der Waals surface area contributed by atoms with Gasteiger partial charge in [0.05, 0.1) is 17.2 Å². The monoisotopic (exact) mass is 316 g/mol. The number of hydrogen-bond donors (Lipinski definition) is 1. The van der Waals surface area contributed by atoms with E-state index in [1.807, 2.05) is 30.5 Å². The van der Waals surface area contributed by atoms with Gasteiger partial charge < -0.3 is 14.8 Å². The van der Waals surface area contributed by atoms with Gasteiger partial charge in [-0.05, 0) is 30.7 Å². The number of carbonyl (C=O) groups excluding carboxylic acids is 1. The Kier molecular flexibility index (Phi) is 4.39. The van der Waals surface area contributed by atoms with E-state index in [4.69, 9.17) is 9.47 Å².